The number of carbonyl (C=O) groups is 2. The minimum atomic E-state index is -0.771. The summed E-state index contributed by atoms with van der Waals surface area (Å²) in [5, 5.41) is 3.60. The van der Waals surface area contributed by atoms with Crippen LogP contribution in [0.25, 0.3) is 0 Å². The van der Waals surface area contributed by atoms with Crippen molar-refractivity contribution in [2.24, 2.45) is 0 Å². The molecule has 0 spiro atoms. The fourth-order valence-electron chi connectivity index (χ4n) is 3.68. The second-order valence-electron chi connectivity index (χ2n) is 8.53. The average molecular weight is 513 g/mol. The third-order valence-electron chi connectivity index (χ3n) is 5.40. The maximum absolute atomic E-state index is 14.6. The van der Waals surface area contributed by atoms with Crippen molar-refractivity contribution in [1.29, 1.82) is 0 Å². The van der Waals surface area contributed by atoms with Crippen LogP contribution in [0.3, 0.4) is 0 Å². The van der Waals surface area contributed by atoms with Gasteiger partial charge in [0, 0.05) is 46.7 Å². The quantitative estimate of drug-likeness (QED) is 0.314. The predicted octanol–water partition coefficient (Wildman–Crippen LogP) is 6.13. The van der Waals surface area contributed by atoms with Crippen LogP contribution in [0, 0.1) is 5.82 Å². The minimum Gasteiger partial charge on any atom is -0.352 e. The lowest BCUT2D eigenvalue weighted by Gasteiger charge is -2.32. The minimum absolute atomic E-state index is 0.0140. The first-order valence-corrected chi connectivity index (χ1v) is 13.0. The molecule has 0 saturated carbocycles. The second kappa shape index (κ2) is 13.3. The normalized spacial score (nSPS) is 11.8. The Morgan fingerprint density at radius 3 is 2.29 bits per heavy atom. The molecule has 35 heavy (non-hydrogen) atoms. The molecule has 0 heterocycles. The maximum atomic E-state index is 14.6. The van der Waals surface area contributed by atoms with Gasteiger partial charge in [-0.3, -0.25) is 9.59 Å². The van der Waals surface area contributed by atoms with Crippen LogP contribution in [-0.2, 0) is 22.6 Å². The Balaban J connectivity index is 1.85. The van der Waals surface area contributed by atoms with Gasteiger partial charge in [0.05, 0.1) is 0 Å². The maximum Gasteiger partial charge on any atom is 0.243 e. The van der Waals surface area contributed by atoms with E-state index in [1.165, 1.54) is 22.7 Å². The van der Waals surface area contributed by atoms with Crippen LogP contribution in [0.2, 0.25) is 5.02 Å². The molecular weight excluding hydrogens is 483 g/mol. The molecule has 0 bridgehead atoms. The molecule has 3 rings (SSSR count). The molecule has 0 fully saturated rings. The standard InChI is InChI=1S/C28H30ClFN2O2S/c1-20(2)31-28(34)26(18-21-8-4-3-5-9-21)32(19-22-10-6-7-11-25(22)30)27(33)16-17-35-24-14-12-23(29)13-15-24/h3-15,20,26H,16-19H2,1-2H3,(H,31,34)/t26-/m0/s1. The van der Waals surface area contributed by atoms with Gasteiger partial charge in [-0.1, -0.05) is 60.1 Å². The first-order chi connectivity index (χ1) is 16.8. The van der Waals surface area contributed by atoms with Crippen LogP contribution in [0.4, 0.5) is 4.39 Å². The summed E-state index contributed by atoms with van der Waals surface area (Å²) in [7, 11) is 0. The molecule has 3 aromatic carbocycles. The van der Waals surface area contributed by atoms with Crippen LogP contribution in [-0.4, -0.2) is 34.6 Å². The number of halogens is 2. The van der Waals surface area contributed by atoms with Gasteiger partial charge < -0.3 is 10.2 Å². The van der Waals surface area contributed by atoms with E-state index in [-0.39, 0.29) is 30.8 Å². The van der Waals surface area contributed by atoms with Gasteiger partial charge in [-0.2, -0.15) is 0 Å². The van der Waals surface area contributed by atoms with E-state index < -0.39 is 11.9 Å². The zero-order valence-corrected chi connectivity index (χ0v) is 21.5. The predicted molar refractivity (Wildman–Crippen MR) is 141 cm³/mol. The topological polar surface area (TPSA) is 49.4 Å². The summed E-state index contributed by atoms with van der Waals surface area (Å²) in [5.41, 5.74) is 1.31. The van der Waals surface area contributed by atoms with Gasteiger partial charge >= 0.3 is 0 Å². The highest BCUT2D eigenvalue weighted by Gasteiger charge is 2.31. The van der Waals surface area contributed by atoms with E-state index in [1.807, 2.05) is 68.4 Å². The summed E-state index contributed by atoms with van der Waals surface area (Å²) >= 11 is 7.49. The zero-order valence-electron chi connectivity index (χ0n) is 19.9. The molecule has 2 amide bonds. The Morgan fingerprint density at radius 1 is 0.971 bits per heavy atom. The van der Waals surface area contributed by atoms with Crippen LogP contribution >= 0.6 is 23.4 Å². The van der Waals surface area contributed by atoms with Crippen molar-refractivity contribution in [3.05, 3.63) is 101 Å². The number of hydrogen-bond acceptors (Lipinski definition) is 3. The van der Waals surface area contributed by atoms with Crippen LogP contribution in [0.1, 0.15) is 31.4 Å². The number of nitrogens with zero attached hydrogens (tertiary/aromatic N) is 1. The number of carbonyl (C=O) groups excluding carboxylic acids is 2. The third-order valence-corrected chi connectivity index (χ3v) is 6.66. The zero-order chi connectivity index (χ0) is 25.2. The molecule has 3 aromatic rings. The molecule has 1 N–H and O–H groups in total. The van der Waals surface area contributed by atoms with Gasteiger partial charge in [0.25, 0.3) is 0 Å². The summed E-state index contributed by atoms with van der Waals surface area (Å²) in [4.78, 5) is 29.3. The Kier molecular flexibility index (Phi) is 10.2. The van der Waals surface area contributed by atoms with Gasteiger partial charge in [-0.25, -0.2) is 4.39 Å². The smallest absolute Gasteiger partial charge is 0.243 e. The van der Waals surface area contributed by atoms with E-state index in [0.717, 1.165) is 10.5 Å². The van der Waals surface area contributed by atoms with Crippen molar-refractivity contribution in [2.75, 3.05) is 5.75 Å². The van der Waals surface area contributed by atoms with Crippen LogP contribution < -0.4 is 5.32 Å². The molecule has 1 atom stereocenters. The highest BCUT2D eigenvalue weighted by Crippen LogP contribution is 2.23. The van der Waals surface area contributed by atoms with E-state index in [1.54, 1.807) is 18.2 Å². The van der Waals surface area contributed by atoms with E-state index in [9.17, 15) is 14.0 Å². The average Bonchev–Trinajstić information content (AvgIpc) is 2.83. The molecule has 0 saturated heterocycles. The van der Waals surface area contributed by atoms with Crippen molar-refractivity contribution >= 4 is 35.2 Å². The molecule has 0 aliphatic carbocycles. The SMILES string of the molecule is CC(C)NC(=O)[C@H](Cc1ccccc1)N(Cc1ccccc1F)C(=O)CCSc1ccc(Cl)cc1. The van der Waals surface area contributed by atoms with E-state index >= 15 is 0 Å². The number of benzene rings is 3. The molecule has 7 heteroatoms. The van der Waals surface area contributed by atoms with E-state index in [0.29, 0.717) is 22.8 Å². The molecule has 4 nitrogen and oxygen atoms in total. The molecular formula is C28H30ClFN2O2S. The monoisotopic (exact) mass is 512 g/mol. The van der Waals surface area contributed by atoms with Crippen LogP contribution in [0.15, 0.2) is 83.8 Å². The van der Waals surface area contributed by atoms with E-state index in [4.69, 9.17) is 11.6 Å². The van der Waals surface area contributed by atoms with Crippen molar-refractivity contribution in [2.45, 2.75) is 50.2 Å². The Morgan fingerprint density at radius 2 is 1.63 bits per heavy atom. The van der Waals surface area contributed by atoms with Gasteiger partial charge in [-0.15, -0.1) is 11.8 Å². The van der Waals surface area contributed by atoms with E-state index in [2.05, 4.69) is 5.32 Å². The lowest BCUT2D eigenvalue weighted by atomic mass is 10.0. The summed E-state index contributed by atoms with van der Waals surface area (Å²) in [6, 6.07) is 22.5. The van der Waals surface area contributed by atoms with Gasteiger partial charge in [0.2, 0.25) is 11.8 Å². The third kappa shape index (κ3) is 8.41. The number of amides is 2. The number of rotatable bonds is 11. The molecule has 0 radical (unpaired) electrons. The Labute approximate surface area is 215 Å². The van der Waals surface area contributed by atoms with Crippen molar-refractivity contribution in [1.82, 2.24) is 10.2 Å². The van der Waals surface area contributed by atoms with Crippen molar-refractivity contribution < 1.29 is 14.0 Å². The molecule has 184 valence electrons. The number of nitrogens with one attached hydrogen (secondary N) is 1. The largest absolute Gasteiger partial charge is 0.352 e. The van der Waals surface area contributed by atoms with Gasteiger partial charge in [0.15, 0.2) is 0 Å². The highest BCUT2D eigenvalue weighted by atomic mass is 35.5. The fourth-order valence-corrected chi connectivity index (χ4v) is 4.64. The second-order valence-corrected chi connectivity index (χ2v) is 10.1. The summed E-state index contributed by atoms with van der Waals surface area (Å²) in [5.74, 6) is -0.324. The Hall–Kier alpha value is -2.83. The first kappa shape index (κ1) is 26.8. The Bertz CT molecular complexity index is 1110. The van der Waals surface area contributed by atoms with Gasteiger partial charge in [0.1, 0.15) is 11.9 Å². The van der Waals surface area contributed by atoms with Crippen molar-refractivity contribution in [3.63, 3.8) is 0 Å². The molecule has 0 aliphatic rings. The van der Waals surface area contributed by atoms with Gasteiger partial charge in [-0.05, 0) is 49.7 Å². The van der Waals surface area contributed by atoms with Crippen molar-refractivity contribution in [3.8, 4) is 0 Å². The summed E-state index contributed by atoms with van der Waals surface area (Å²) < 4.78 is 14.6. The lowest BCUT2D eigenvalue weighted by molar-refractivity contribution is -0.141. The number of hydrogen-bond donors (Lipinski definition) is 1. The molecule has 0 aromatic heterocycles. The molecule has 0 unspecified atom stereocenters. The molecule has 0 aliphatic heterocycles. The highest BCUT2D eigenvalue weighted by molar-refractivity contribution is 7.99. The fraction of sp³-hybridized carbons (Fsp3) is 0.286. The van der Waals surface area contributed by atoms with Crippen LogP contribution in [0.5, 0.6) is 0 Å². The lowest BCUT2D eigenvalue weighted by Crippen LogP contribution is -2.52. The summed E-state index contributed by atoms with van der Waals surface area (Å²) in [6.45, 7) is 3.77. The first-order valence-electron chi connectivity index (χ1n) is 11.6. The number of thioether (sulfide) groups is 1. The summed E-state index contributed by atoms with van der Waals surface area (Å²) in [6.07, 6.45) is 0.548.